The number of rotatable bonds is 4. The molecular weight excluding hydrogens is 352 g/mol. The molecule has 4 aromatic rings. The van der Waals surface area contributed by atoms with E-state index in [0.717, 1.165) is 21.3 Å². The van der Waals surface area contributed by atoms with Crippen LogP contribution in [0.2, 0.25) is 0 Å². The predicted molar refractivity (Wildman–Crippen MR) is 104 cm³/mol. The number of nitrogens with one attached hydrogen (secondary N) is 1. The Kier molecular flexibility index (Phi) is 4.21. The molecule has 4 nitrogen and oxygen atoms in total. The molecule has 0 atom stereocenters. The second-order valence-corrected chi connectivity index (χ2v) is 7.17. The highest BCUT2D eigenvalue weighted by atomic mass is 32.1. The zero-order valence-corrected chi connectivity index (χ0v) is 15.0. The van der Waals surface area contributed by atoms with Gasteiger partial charge in [0.1, 0.15) is 5.75 Å². The van der Waals surface area contributed by atoms with Crippen LogP contribution in [0.15, 0.2) is 59.3 Å². The molecule has 1 N–H and O–H groups in total. The molecule has 0 radical (unpaired) electrons. The molecule has 2 heterocycles. The summed E-state index contributed by atoms with van der Waals surface area (Å²) in [6.07, 6.45) is 0. The molecule has 124 valence electrons. The number of carbonyl (C=O) groups excluding carboxylic acids is 1. The smallest absolute Gasteiger partial charge is 0.261 e. The molecule has 0 aliphatic heterocycles. The topological polar surface area (TPSA) is 51.2 Å². The highest BCUT2D eigenvalue weighted by Gasteiger charge is 2.16. The molecule has 6 heteroatoms. The van der Waals surface area contributed by atoms with Gasteiger partial charge in [-0.2, -0.15) is 0 Å². The normalized spacial score (nSPS) is 10.8. The summed E-state index contributed by atoms with van der Waals surface area (Å²) in [4.78, 5) is 18.3. The number of fused-ring (bicyclic) bond motifs is 1. The average molecular weight is 366 g/mol. The van der Waals surface area contributed by atoms with Crippen LogP contribution < -0.4 is 10.1 Å². The zero-order valence-electron chi connectivity index (χ0n) is 13.4. The number of aromatic nitrogens is 1. The molecule has 2 aromatic heterocycles. The minimum Gasteiger partial charge on any atom is -0.496 e. The van der Waals surface area contributed by atoms with Gasteiger partial charge in [-0.3, -0.25) is 10.1 Å². The van der Waals surface area contributed by atoms with Gasteiger partial charge in [-0.25, -0.2) is 4.98 Å². The highest BCUT2D eigenvalue weighted by molar-refractivity contribution is 7.16. The van der Waals surface area contributed by atoms with E-state index in [4.69, 9.17) is 4.74 Å². The van der Waals surface area contributed by atoms with Gasteiger partial charge in [0.15, 0.2) is 5.13 Å². The standard InChI is InChI=1S/C19H14N2O2S2/c1-23-16-10-13-6-3-2-5-12(13)9-14(16)18(22)21-19-20-15(11-25-19)17-7-4-8-24-17/h2-11H,1H3,(H,20,21,22). The van der Waals surface area contributed by atoms with Gasteiger partial charge in [-0.1, -0.05) is 30.3 Å². The number of benzene rings is 2. The summed E-state index contributed by atoms with van der Waals surface area (Å²) < 4.78 is 5.40. The summed E-state index contributed by atoms with van der Waals surface area (Å²) in [7, 11) is 1.57. The first-order valence-corrected chi connectivity index (χ1v) is 9.38. The molecule has 0 fully saturated rings. The van der Waals surface area contributed by atoms with E-state index < -0.39 is 0 Å². The first-order valence-electron chi connectivity index (χ1n) is 7.62. The molecule has 0 aliphatic carbocycles. The second kappa shape index (κ2) is 6.66. The van der Waals surface area contributed by atoms with Crippen molar-refractivity contribution in [1.29, 1.82) is 0 Å². The van der Waals surface area contributed by atoms with Gasteiger partial charge < -0.3 is 4.74 Å². The Bertz CT molecular complexity index is 1040. The van der Waals surface area contributed by atoms with Gasteiger partial charge in [-0.05, 0) is 34.4 Å². The van der Waals surface area contributed by atoms with E-state index >= 15 is 0 Å². The van der Waals surface area contributed by atoms with Crippen LogP contribution in [0.3, 0.4) is 0 Å². The molecule has 0 aliphatic rings. The molecule has 0 saturated heterocycles. The highest BCUT2D eigenvalue weighted by Crippen LogP contribution is 2.30. The van der Waals surface area contributed by atoms with E-state index in [9.17, 15) is 4.79 Å². The molecule has 0 bridgehead atoms. The van der Waals surface area contributed by atoms with E-state index in [1.807, 2.05) is 59.3 Å². The lowest BCUT2D eigenvalue weighted by atomic mass is 10.1. The lowest BCUT2D eigenvalue weighted by Crippen LogP contribution is -2.13. The quantitative estimate of drug-likeness (QED) is 0.534. The van der Waals surface area contributed by atoms with E-state index in [1.165, 1.54) is 11.3 Å². The van der Waals surface area contributed by atoms with Crippen LogP contribution in [0.1, 0.15) is 10.4 Å². The van der Waals surface area contributed by atoms with E-state index in [0.29, 0.717) is 16.4 Å². The SMILES string of the molecule is COc1cc2ccccc2cc1C(=O)Nc1nc(-c2cccs2)cs1. The number of hydrogen-bond donors (Lipinski definition) is 1. The zero-order chi connectivity index (χ0) is 17.2. The fraction of sp³-hybridized carbons (Fsp3) is 0.0526. The summed E-state index contributed by atoms with van der Waals surface area (Å²) in [5.74, 6) is 0.320. The fourth-order valence-corrected chi connectivity index (χ4v) is 4.07. The molecule has 1 amide bonds. The molecule has 0 spiro atoms. The number of amides is 1. The van der Waals surface area contributed by atoms with Gasteiger partial charge in [0.2, 0.25) is 0 Å². The van der Waals surface area contributed by atoms with Crippen LogP contribution >= 0.6 is 22.7 Å². The van der Waals surface area contributed by atoms with Crippen LogP contribution in [0, 0.1) is 0 Å². The first-order chi connectivity index (χ1) is 12.2. The largest absolute Gasteiger partial charge is 0.496 e. The van der Waals surface area contributed by atoms with Crippen LogP contribution in [0.25, 0.3) is 21.3 Å². The van der Waals surface area contributed by atoms with E-state index in [2.05, 4.69) is 10.3 Å². The van der Waals surface area contributed by atoms with Crippen molar-refractivity contribution in [1.82, 2.24) is 4.98 Å². The number of anilines is 1. The van der Waals surface area contributed by atoms with Crippen LogP contribution in [0.4, 0.5) is 5.13 Å². The summed E-state index contributed by atoms with van der Waals surface area (Å²) >= 11 is 3.03. The van der Waals surface area contributed by atoms with Crippen molar-refractivity contribution in [3.05, 3.63) is 64.9 Å². The van der Waals surface area contributed by atoms with Crippen LogP contribution in [0.5, 0.6) is 5.75 Å². The van der Waals surface area contributed by atoms with Crippen molar-refractivity contribution in [2.75, 3.05) is 12.4 Å². The van der Waals surface area contributed by atoms with E-state index in [1.54, 1.807) is 18.4 Å². The number of nitrogens with zero attached hydrogens (tertiary/aromatic N) is 1. The van der Waals surface area contributed by atoms with Crippen molar-refractivity contribution in [3.8, 4) is 16.3 Å². The predicted octanol–water partition coefficient (Wildman–Crippen LogP) is 5.29. The Morgan fingerprint density at radius 1 is 1.08 bits per heavy atom. The van der Waals surface area contributed by atoms with Crippen molar-refractivity contribution < 1.29 is 9.53 Å². The lowest BCUT2D eigenvalue weighted by molar-refractivity contribution is 0.102. The number of ether oxygens (including phenoxy) is 1. The number of methoxy groups -OCH3 is 1. The van der Waals surface area contributed by atoms with E-state index in [-0.39, 0.29) is 5.91 Å². The third-order valence-corrected chi connectivity index (χ3v) is 5.46. The van der Waals surface area contributed by atoms with Crippen LogP contribution in [-0.4, -0.2) is 18.0 Å². The van der Waals surface area contributed by atoms with Gasteiger partial charge in [0, 0.05) is 5.38 Å². The third kappa shape index (κ3) is 3.14. The minimum absolute atomic E-state index is 0.227. The monoisotopic (exact) mass is 366 g/mol. The van der Waals surface area contributed by atoms with Crippen molar-refractivity contribution in [3.63, 3.8) is 0 Å². The maximum absolute atomic E-state index is 12.7. The van der Waals surface area contributed by atoms with Gasteiger partial charge in [0.05, 0.1) is 23.2 Å². The third-order valence-electron chi connectivity index (χ3n) is 3.81. The molecule has 2 aromatic carbocycles. The van der Waals surface area contributed by atoms with Gasteiger partial charge in [-0.15, -0.1) is 22.7 Å². The minimum atomic E-state index is -0.227. The Balaban J connectivity index is 1.63. The average Bonchev–Trinajstić information content (AvgIpc) is 3.32. The summed E-state index contributed by atoms with van der Waals surface area (Å²) in [6.45, 7) is 0. The summed E-state index contributed by atoms with van der Waals surface area (Å²) in [5.41, 5.74) is 1.37. The number of hydrogen-bond acceptors (Lipinski definition) is 5. The van der Waals surface area contributed by atoms with Crippen molar-refractivity contribution in [2.45, 2.75) is 0 Å². The second-order valence-electron chi connectivity index (χ2n) is 5.37. The Morgan fingerprint density at radius 2 is 1.88 bits per heavy atom. The Labute approximate surface area is 152 Å². The molecule has 0 saturated carbocycles. The van der Waals surface area contributed by atoms with Crippen molar-refractivity contribution in [2.24, 2.45) is 0 Å². The molecule has 25 heavy (non-hydrogen) atoms. The van der Waals surface area contributed by atoms with Crippen molar-refractivity contribution >= 4 is 44.5 Å². The van der Waals surface area contributed by atoms with Crippen LogP contribution in [-0.2, 0) is 0 Å². The van der Waals surface area contributed by atoms with Gasteiger partial charge >= 0.3 is 0 Å². The van der Waals surface area contributed by atoms with Gasteiger partial charge in [0.25, 0.3) is 5.91 Å². The number of thiophene rings is 1. The lowest BCUT2D eigenvalue weighted by Gasteiger charge is -2.10. The fourth-order valence-electron chi connectivity index (χ4n) is 2.60. The summed E-state index contributed by atoms with van der Waals surface area (Å²) in [5, 5.41) is 9.42. The Hall–Kier alpha value is -2.70. The molecule has 4 rings (SSSR count). The Morgan fingerprint density at radius 3 is 2.60 bits per heavy atom. The summed E-state index contributed by atoms with van der Waals surface area (Å²) in [6, 6.07) is 15.6. The number of carbonyl (C=O) groups is 1. The maximum Gasteiger partial charge on any atom is 0.261 e. The first kappa shape index (κ1) is 15.8. The molecular formula is C19H14N2O2S2. The maximum atomic E-state index is 12.7. The molecule has 0 unspecified atom stereocenters. The number of thiazole rings is 1.